The fourth-order valence-corrected chi connectivity index (χ4v) is 2.99. The summed E-state index contributed by atoms with van der Waals surface area (Å²) in [4.78, 5) is 27.4. The van der Waals surface area contributed by atoms with Crippen molar-refractivity contribution in [2.75, 3.05) is 21.2 Å². The highest BCUT2D eigenvalue weighted by atomic mass is 16.5. The van der Waals surface area contributed by atoms with E-state index < -0.39 is 0 Å². The van der Waals surface area contributed by atoms with Gasteiger partial charge in [0.25, 0.3) is 5.91 Å². The van der Waals surface area contributed by atoms with Gasteiger partial charge in [-0.3, -0.25) is 9.69 Å². The van der Waals surface area contributed by atoms with E-state index >= 15 is 0 Å². The molecule has 1 saturated heterocycles. The zero-order chi connectivity index (χ0) is 13.4. The highest BCUT2D eigenvalue weighted by molar-refractivity contribution is 6.07. The van der Waals surface area contributed by atoms with Crippen molar-refractivity contribution in [1.82, 2.24) is 9.80 Å². The molecule has 100 valence electrons. The topological polar surface area (TPSA) is 49.9 Å². The van der Waals surface area contributed by atoms with E-state index in [1.807, 2.05) is 0 Å². The second-order valence-corrected chi connectivity index (χ2v) is 5.13. The SMILES string of the molecule is CO/C(C)=C1\C(=O)N(C(=O)N(C)C)C2CCCC12. The number of amides is 3. The third-order valence-corrected chi connectivity index (χ3v) is 3.91. The molecule has 2 fully saturated rings. The molecule has 2 atom stereocenters. The van der Waals surface area contributed by atoms with Crippen molar-refractivity contribution >= 4 is 11.9 Å². The lowest BCUT2D eigenvalue weighted by molar-refractivity contribution is -0.124. The first-order valence-electron chi connectivity index (χ1n) is 6.28. The van der Waals surface area contributed by atoms with Crippen LogP contribution in [0.4, 0.5) is 4.79 Å². The van der Waals surface area contributed by atoms with Crippen molar-refractivity contribution < 1.29 is 14.3 Å². The smallest absolute Gasteiger partial charge is 0.326 e. The first kappa shape index (κ1) is 12.9. The van der Waals surface area contributed by atoms with E-state index in [-0.39, 0.29) is 23.9 Å². The molecule has 1 aliphatic heterocycles. The summed E-state index contributed by atoms with van der Waals surface area (Å²) in [6.07, 6.45) is 2.92. The molecule has 1 saturated carbocycles. The molecule has 2 unspecified atom stereocenters. The maximum absolute atomic E-state index is 12.4. The van der Waals surface area contributed by atoms with Gasteiger partial charge in [-0.1, -0.05) is 6.42 Å². The van der Waals surface area contributed by atoms with E-state index in [4.69, 9.17) is 4.74 Å². The van der Waals surface area contributed by atoms with Crippen molar-refractivity contribution in [3.05, 3.63) is 11.3 Å². The second-order valence-electron chi connectivity index (χ2n) is 5.13. The van der Waals surface area contributed by atoms with Gasteiger partial charge in [-0.15, -0.1) is 0 Å². The minimum atomic E-state index is -0.226. The maximum Gasteiger partial charge on any atom is 0.326 e. The molecule has 18 heavy (non-hydrogen) atoms. The summed E-state index contributed by atoms with van der Waals surface area (Å²) in [5.74, 6) is 0.620. The van der Waals surface area contributed by atoms with Gasteiger partial charge in [0.05, 0.1) is 12.7 Å². The Balaban J connectivity index is 2.40. The van der Waals surface area contributed by atoms with Gasteiger partial charge in [-0.2, -0.15) is 0 Å². The van der Waals surface area contributed by atoms with Crippen LogP contribution in [0, 0.1) is 5.92 Å². The van der Waals surface area contributed by atoms with Gasteiger partial charge in [-0.25, -0.2) is 4.79 Å². The Labute approximate surface area is 107 Å². The molecule has 0 aromatic rings. The van der Waals surface area contributed by atoms with Gasteiger partial charge in [0.15, 0.2) is 0 Å². The summed E-state index contributed by atoms with van der Waals surface area (Å²) in [6.45, 7) is 1.80. The lowest BCUT2D eigenvalue weighted by atomic mass is 9.97. The zero-order valence-electron chi connectivity index (χ0n) is 11.4. The van der Waals surface area contributed by atoms with Crippen LogP contribution in [0.3, 0.4) is 0 Å². The maximum atomic E-state index is 12.4. The number of carbonyl (C=O) groups excluding carboxylic acids is 2. The van der Waals surface area contributed by atoms with Gasteiger partial charge in [-0.05, 0) is 19.8 Å². The van der Waals surface area contributed by atoms with Gasteiger partial charge >= 0.3 is 6.03 Å². The molecular weight excluding hydrogens is 232 g/mol. The van der Waals surface area contributed by atoms with Crippen LogP contribution >= 0.6 is 0 Å². The molecule has 5 heteroatoms. The predicted molar refractivity (Wildman–Crippen MR) is 66.8 cm³/mol. The predicted octanol–water partition coefficient (Wildman–Crippen LogP) is 1.60. The van der Waals surface area contributed by atoms with Gasteiger partial charge in [0, 0.05) is 26.1 Å². The van der Waals surface area contributed by atoms with Crippen molar-refractivity contribution in [2.24, 2.45) is 5.92 Å². The molecule has 0 aromatic carbocycles. The molecule has 1 aliphatic carbocycles. The third kappa shape index (κ3) is 1.78. The molecule has 0 radical (unpaired) electrons. The van der Waals surface area contributed by atoms with Gasteiger partial charge in [0.2, 0.25) is 0 Å². The number of hydrogen-bond donors (Lipinski definition) is 0. The standard InChI is InChI=1S/C13H20N2O3/c1-8(18-4)11-9-6-5-7-10(9)15(12(11)16)13(17)14(2)3/h9-10H,5-7H2,1-4H3/b11-8-. The van der Waals surface area contributed by atoms with Gasteiger partial charge < -0.3 is 9.64 Å². The van der Waals surface area contributed by atoms with Crippen molar-refractivity contribution in [2.45, 2.75) is 32.2 Å². The number of methoxy groups -OCH3 is 1. The number of carbonyl (C=O) groups is 2. The van der Waals surface area contributed by atoms with E-state index in [0.717, 1.165) is 19.3 Å². The Hall–Kier alpha value is -1.52. The lowest BCUT2D eigenvalue weighted by Gasteiger charge is -2.24. The van der Waals surface area contributed by atoms with Crippen LogP contribution in [0.25, 0.3) is 0 Å². The van der Waals surface area contributed by atoms with Crippen LogP contribution in [-0.2, 0) is 9.53 Å². The van der Waals surface area contributed by atoms with Crippen LogP contribution in [0.5, 0.6) is 0 Å². The largest absolute Gasteiger partial charge is 0.501 e. The lowest BCUT2D eigenvalue weighted by Crippen LogP contribution is -2.44. The number of rotatable bonds is 1. The van der Waals surface area contributed by atoms with Crippen molar-refractivity contribution in [3.63, 3.8) is 0 Å². The average Bonchev–Trinajstić information content (AvgIpc) is 2.86. The second kappa shape index (κ2) is 4.63. The van der Waals surface area contributed by atoms with E-state index in [9.17, 15) is 9.59 Å². The third-order valence-electron chi connectivity index (χ3n) is 3.91. The minimum absolute atomic E-state index is 0.0208. The molecule has 5 nitrogen and oxygen atoms in total. The van der Waals surface area contributed by atoms with E-state index in [2.05, 4.69) is 0 Å². The Kier molecular flexibility index (Phi) is 3.32. The van der Waals surface area contributed by atoms with Crippen LogP contribution in [0.2, 0.25) is 0 Å². The Bertz CT molecular complexity index is 414. The summed E-state index contributed by atoms with van der Waals surface area (Å²) in [5.41, 5.74) is 0.690. The molecule has 2 aliphatic rings. The summed E-state index contributed by atoms with van der Waals surface area (Å²) in [6, 6.07) is -0.205. The first-order chi connectivity index (χ1) is 8.49. The normalized spacial score (nSPS) is 29.3. The average molecular weight is 252 g/mol. The number of nitrogens with zero attached hydrogens (tertiary/aromatic N) is 2. The van der Waals surface area contributed by atoms with E-state index in [1.54, 1.807) is 28.1 Å². The summed E-state index contributed by atoms with van der Waals surface area (Å²) >= 11 is 0. The summed E-state index contributed by atoms with van der Waals surface area (Å²) < 4.78 is 5.21. The summed E-state index contributed by atoms with van der Waals surface area (Å²) in [5, 5.41) is 0. The number of urea groups is 1. The summed E-state index contributed by atoms with van der Waals surface area (Å²) in [7, 11) is 4.91. The molecule has 0 spiro atoms. The molecule has 0 bridgehead atoms. The Morgan fingerprint density at radius 2 is 2.06 bits per heavy atom. The molecule has 1 heterocycles. The highest BCUT2D eigenvalue weighted by Crippen LogP contribution is 2.43. The van der Waals surface area contributed by atoms with Gasteiger partial charge in [0.1, 0.15) is 5.76 Å². The van der Waals surface area contributed by atoms with Crippen LogP contribution in [0.1, 0.15) is 26.2 Å². The highest BCUT2D eigenvalue weighted by Gasteiger charge is 2.50. The first-order valence-corrected chi connectivity index (χ1v) is 6.28. The Morgan fingerprint density at radius 3 is 2.61 bits per heavy atom. The van der Waals surface area contributed by atoms with Crippen LogP contribution in [0.15, 0.2) is 11.3 Å². The van der Waals surface area contributed by atoms with E-state index in [0.29, 0.717) is 11.3 Å². The number of imide groups is 1. The monoisotopic (exact) mass is 252 g/mol. The molecule has 0 N–H and O–H groups in total. The number of likely N-dealkylation sites (tertiary alicyclic amines) is 1. The Morgan fingerprint density at radius 1 is 1.39 bits per heavy atom. The number of hydrogen-bond acceptors (Lipinski definition) is 3. The molecular formula is C13H20N2O3. The zero-order valence-corrected chi connectivity index (χ0v) is 11.4. The minimum Gasteiger partial charge on any atom is -0.501 e. The quantitative estimate of drug-likeness (QED) is 0.526. The fourth-order valence-electron chi connectivity index (χ4n) is 2.99. The van der Waals surface area contributed by atoms with E-state index in [1.165, 1.54) is 9.80 Å². The fraction of sp³-hybridized carbons (Fsp3) is 0.692. The van der Waals surface area contributed by atoms with Crippen molar-refractivity contribution in [1.29, 1.82) is 0 Å². The molecule has 0 aromatic heterocycles. The van der Waals surface area contributed by atoms with Crippen LogP contribution < -0.4 is 0 Å². The van der Waals surface area contributed by atoms with Crippen LogP contribution in [-0.4, -0.2) is 49.0 Å². The molecule has 3 amide bonds. The number of ether oxygens (including phenoxy) is 1. The van der Waals surface area contributed by atoms with Crippen molar-refractivity contribution in [3.8, 4) is 0 Å². The number of fused-ring (bicyclic) bond motifs is 1. The molecule has 2 rings (SSSR count). The number of allylic oxidation sites excluding steroid dienone is 1.